The van der Waals surface area contributed by atoms with E-state index in [0.29, 0.717) is 12.2 Å². The van der Waals surface area contributed by atoms with Gasteiger partial charge in [0.15, 0.2) is 0 Å². The lowest BCUT2D eigenvalue weighted by atomic mass is 9.91. The molecule has 0 aliphatic rings. The van der Waals surface area contributed by atoms with E-state index in [1.807, 2.05) is 0 Å². The Bertz CT molecular complexity index is 309. The predicted octanol–water partition coefficient (Wildman–Crippen LogP) is 6.69. The van der Waals surface area contributed by atoms with E-state index in [9.17, 15) is 4.79 Å². The molecule has 2 nitrogen and oxygen atoms in total. The summed E-state index contributed by atoms with van der Waals surface area (Å²) in [6.45, 7) is 12.9. The Kier molecular flexibility index (Phi) is 14.3. The van der Waals surface area contributed by atoms with Gasteiger partial charge in [-0.25, -0.2) is 4.79 Å². The molecule has 0 heterocycles. The Morgan fingerprint density at radius 2 is 1.39 bits per heavy atom. The van der Waals surface area contributed by atoms with Crippen LogP contribution in [0.1, 0.15) is 98.3 Å². The van der Waals surface area contributed by atoms with E-state index in [0.717, 1.165) is 24.7 Å². The molecule has 136 valence electrons. The molecule has 0 aliphatic carbocycles. The van der Waals surface area contributed by atoms with Gasteiger partial charge >= 0.3 is 5.97 Å². The number of carbonyl (C=O) groups is 1. The summed E-state index contributed by atoms with van der Waals surface area (Å²) in [6.07, 6.45) is 14.3. The van der Waals surface area contributed by atoms with Crippen molar-refractivity contribution in [3.8, 4) is 0 Å². The maximum absolute atomic E-state index is 11.2. The molecular weight excluding hydrogens is 284 g/mol. The number of unbranched alkanes of at least 4 members (excludes halogenated alkanes) is 5. The van der Waals surface area contributed by atoms with Crippen molar-refractivity contribution < 1.29 is 9.53 Å². The summed E-state index contributed by atoms with van der Waals surface area (Å²) in [7, 11) is 0. The van der Waals surface area contributed by atoms with Crippen molar-refractivity contribution in [2.75, 3.05) is 6.61 Å². The molecule has 2 heteroatoms. The van der Waals surface area contributed by atoms with Gasteiger partial charge in [-0.3, -0.25) is 0 Å². The SMILES string of the molecule is C=C(C)C(=O)OCCCCCCCC(C)CCC(C)CCCC. The summed E-state index contributed by atoms with van der Waals surface area (Å²) in [5.74, 6) is 1.52. The molecule has 0 fully saturated rings. The second-order valence-electron chi connectivity index (χ2n) is 7.40. The van der Waals surface area contributed by atoms with E-state index in [4.69, 9.17) is 4.74 Å². The van der Waals surface area contributed by atoms with Crippen LogP contribution in [-0.2, 0) is 9.53 Å². The highest BCUT2D eigenvalue weighted by Gasteiger charge is 2.07. The molecule has 0 rings (SSSR count). The Morgan fingerprint density at radius 3 is 1.96 bits per heavy atom. The van der Waals surface area contributed by atoms with Gasteiger partial charge in [0.05, 0.1) is 6.61 Å². The maximum atomic E-state index is 11.2. The van der Waals surface area contributed by atoms with E-state index >= 15 is 0 Å². The van der Waals surface area contributed by atoms with Crippen LogP contribution in [0.25, 0.3) is 0 Å². The first-order valence-electron chi connectivity index (χ1n) is 9.80. The summed E-state index contributed by atoms with van der Waals surface area (Å²) in [5.41, 5.74) is 0.489. The highest BCUT2D eigenvalue weighted by molar-refractivity contribution is 5.86. The molecule has 0 aromatic carbocycles. The van der Waals surface area contributed by atoms with Crippen molar-refractivity contribution in [3.63, 3.8) is 0 Å². The average molecular weight is 325 g/mol. The second kappa shape index (κ2) is 14.8. The van der Waals surface area contributed by atoms with Crippen LogP contribution in [0.5, 0.6) is 0 Å². The minimum atomic E-state index is -0.257. The van der Waals surface area contributed by atoms with Crippen molar-refractivity contribution >= 4 is 5.97 Å². The molecule has 2 atom stereocenters. The molecule has 23 heavy (non-hydrogen) atoms. The van der Waals surface area contributed by atoms with Crippen LogP contribution < -0.4 is 0 Å². The second-order valence-corrected chi connectivity index (χ2v) is 7.40. The molecule has 0 spiro atoms. The molecule has 0 amide bonds. The molecular formula is C21H40O2. The van der Waals surface area contributed by atoms with E-state index in [1.54, 1.807) is 6.92 Å². The minimum Gasteiger partial charge on any atom is -0.462 e. The van der Waals surface area contributed by atoms with E-state index in [1.165, 1.54) is 57.8 Å². The van der Waals surface area contributed by atoms with Gasteiger partial charge in [-0.15, -0.1) is 0 Å². The van der Waals surface area contributed by atoms with Gasteiger partial charge in [-0.05, 0) is 25.2 Å². The van der Waals surface area contributed by atoms with Crippen LogP contribution in [0.3, 0.4) is 0 Å². The van der Waals surface area contributed by atoms with Crippen LogP contribution in [0.4, 0.5) is 0 Å². The number of rotatable bonds is 15. The van der Waals surface area contributed by atoms with Gasteiger partial charge in [0.2, 0.25) is 0 Å². The topological polar surface area (TPSA) is 26.3 Å². The monoisotopic (exact) mass is 324 g/mol. The minimum absolute atomic E-state index is 0.257. The lowest BCUT2D eigenvalue weighted by molar-refractivity contribution is -0.139. The first kappa shape index (κ1) is 22.2. The maximum Gasteiger partial charge on any atom is 0.333 e. The highest BCUT2D eigenvalue weighted by atomic mass is 16.5. The zero-order valence-corrected chi connectivity index (χ0v) is 16.2. The lowest BCUT2D eigenvalue weighted by Gasteiger charge is -2.15. The molecule has 0 aromatic heterocycles. The number of ether oxygens (including phenoxy) is 1. The zero-order chi connectivity index (χ0) is 17.5. The van der Waals surface area contributed by atoms with Crippen LogP contribution in [0.15, 0.2) is 12.2 Å². The summed E-state index contributed by atoms with van der Waals surface area (Å²) in [6, 6.07) is 0. The predicted molar refractivity (Wildman–Crippen MR) is 101 cm³/mol. The van der Waals surface area contributed by atoms with Crippen LogP contribution in [0.2, 0.25) is 0 Å². The standard InChI is InChI=1S/C21H40O2/c1-6-7-13-19(4)15-16-20(5)14-11-9-8-10-12-17-23-21(22)18(2)3/h19-20H,2,6-17H2,1,3-5H3. The Morgan fingerprint density at radius 1 is 0.870 bits per heavy atom. The molecule has 0 saturated heterocycles. The van der Waals surface area contributed by atoms with Crippen LogP contribution in [0, 0.1) is 11.8 Å². The van der Waals surface area contributed by atoms with E-state index in [2.05, 4.69) is 27.4 Å². The molecule has 0 radical (unpaired) electrons. The molecule has 0 aliphatic heterocycles. The third kappa shape index (κ3) is 14.5. The van der Waals surface area contributed by atoms with Gasteiger partial charge in [0, 0.05) is 5.57 Å². The summed E-state index contributed by atoms with van der Waals surface area (Å²) >= 11 is 0. The van der Waals surface area contributed by atoms with Gasteiger partial charge in [-0.2, -0.15) is 0 Å². The zero-order valence-electron chi connectivity index (χ0n) is 16.2. The number of hydrogen-bond acceptors (Lipinski definition) is 2. The molecule has 0 N–H and O–H groups in total. The van der Waals surface area contributed by atoms with Crippen molar-refractivity contribution in [2.45, 2.75) is 98.3 Å². The first-order chi connectivity index (χ1) is 11.0. The first-order valence-corrected chi connectivity index (χ1v) is 9.80. The smallest absolute Gasteiger partial charge is 0.333 e. The van der Waals surface area contributed by atoms with E-state index in [-0.39, 0.29) is 5.97 Å². The Balaban J connectivity index is 3.37. The lowest BCUT2D eigenvalue weighted by Crippen LogP contribution is -2.06. The largest absolute Gasteiger partial charge is 0.462 e. The summed E-state index contributed by atoms with van der Waals surface area (Å²) < 4.78 is 5.09. The molecule has 0 bridgehead atoms. The quantitative estimate of drug-likeness (QED) is 0.190. The third-order valence-electron chi connectivity index (χ3n) is 4.63. The van der Waals surface area contributed by atoms with Crippen molar-refractivity contribution in [3.05, 3.63) is 12.2 Å². The van der Waals surface area contributed by atoms with Crippen molar-refractivity contribution in [1.82, 2.24) is 0 Å². The summed E-state index contributed by atoms with van der Waals surface area (Å²) in [5, 5.41) is 0. The fraction of sp³-hybridized carbons (Fsp3) is 0.857. The normalized spacial score (nSPS) is 13.6. The fourth-order valence-corrected chi connectivity index (χ4v) is 2.82. The van der Waals surface area contributed by atoms with Gasteiger partial charge < -0.3 is 4.74 Å². The van der Waals surface area contributed by atoms with Gasteiger partial charge in [-0.1, -0.05) is 91.6 Å². The van der Waals surface area contributed by atoms with Gasteiger partial charge in [0.1, 0.15) is 0 Å². The average Bonchev–Trinajstić information content (AvgIpc) is 2.52. The van der Waals surface area contributed by atoms with Crippen LogP contribution in [-0.4, -0.2) is 12.6 Å². The Hall–Kier alpha value is -0.790. The number of hydrogen-bond donors (Lipinski definition) is 0. The molecule has 0 saturated carbocycles. The molecule has 0 aromatic rings. The number of carbonyl (C=O) groups excluding carboxylic acids is 1. The van der Waals surface area contributed by atoms with Gasteiger partial charge in [0.25, 0.3) is 0 Å². The van der Waals surface area contributed by atoms with Crippen LogP contribution >= 0.6 is 0 Å². The van der Waals surface area contributed by atoms with Crippen molar-refractivity contribution in [2.24, 2.45) is 11.8 Å². The number of esters is 1. The van der Waals surface area contributed by atoms with Crippen molar-refractivity contribution in [1.29, 1.82) is 0 Å². The van der Waals surface area contributed by atoms with E-state index < -0.39 is 0 Å². The summed E-state index contributed by atoms with van der Waals surface area (Å²) in [4.78, 5) is 11.2. The highest BCUT2D eigenvalue weighted by Crippen LogP contribution is 2.21. The Labute approximate surface area is 145 Å². The third-order valence-corrected chi connectivity index (χ3v) is 4.63. The molecule has 2 unspecified atom stereocenters. The fourth-order valence-electron chi connectivity index (χ4n) is 2.82.